The second-order valence-corrected chi connectivity index (χ2v) is 13.2. The molecule has 0 saturated carbocycles. The summed E-state index contributed by atoms with van der Waals surface area (Å²) in [6.07, 6.45) is 2.23. The Morgan fingerprint density at radius 1 is 0.519 bits per heavy atom. The van der Waals surface area contributed by atoms with E-state index >= 15 is 0 Å². The van der Waals surface area contributed by atoms with Gasteiger partial charge < -0.3 is 52.7 Å². The van der Waals surface area contributed by atoms with Gasteiger partial charge in [-0.05, 0) is 49.7 Å². The van der Waals surface area contributed by atoms with Gasteiger partial charge in [0.2, 0.25) is 0 Å². The quantitative estimate of drug-likeness (QED) is 0.0595. The minimum Gasteiger partial charge on any atom is -0.460 e. The summed E-state index contributed by atoms with van der Waals surface area (Å²) in [6, 6.07) is 13.7. The average Bonchev–Trinajstić information content (AvgIpc) is 3.17. The van der Waals surface area contributed by atoms with Crippen LogP contribution in [0.25, 0.3) is 0 Å². The van der Waals surface area contributed by atoms with Crippen LogP contribution in [0.3, 0.4) is 0 Å². The molecule has 0 saturated heterocycles. The van der Waals surface area contributed by atoms with Gasteiger partial charge in [-0.2, -0.15) is 8.42 Å². The highest BCUT2D eigenvalue weighted by molar-refractivity contribution is 7.86. The van der Waals surface area contributed by atoms with Crippen molar-refractivity contribution in [3.8, 4) is 0 Å². The number of aryl methyl sites for hydroxylation is 1. The van der Waals surface area contributed by atoms with Gasteiger partial charge in [-0.25, -0.2) is 4.79 Å². The summed E-state index contributed by atoms with van der Waals surface area (Å²) in [5, 5.41) is 3.31. The van der Waals surface area contributed by atoms with E-state index in [2.05, 4.69) is 12.2 Å². The lowest BCUT2D eigenvalue weighted by molar-refractivity contribution is -0.0262. The summed E-state index contributed by atoms with van der Waals surface area (Å²) in [5.41, 5.74) is 2.47. The molecule has 1 N–H and O–H groups in total. The van der Waals surface area contributed by atoms with Crippen LogP contribution >= 0.6 is 0 Å². The van der Waals surface area contributed by atoms with Gasteiger partial charge in [0.15, 0.2) is 0 Å². The van der Waals surface area contributed by atoms with Crippen molar-refractivity contribution in [3.63, 3.8) is 0 Å². The molecule has 0 aromatic heterocycles. The number of hydrogen-bond donors (Lipinski definition) is 1. The van der Waals surface area contributed by atoms with Crippen LogP contribution in [0.4, 0.5) is 5.69 Å². The third-order valence-electron chi connectivity index (χ3n) is 7.19. The third-order valence-corrected chi connectivity index (χ3v) is 8.52. The summed E-state index contributed by atoms with van der Waals surface area (Å²) in [7, 11) is -3.78. The van der Waals surface area contributed by atoms with Crippen molar-refractivity contribution in [1.82, 2.24) is 0 Å². The fraction of sp³-hybridized carbons (Fsp3) is 0.658. The topological polar surface area (TPSA) is 165 Å². The van der Waals surface area contributed by atoms with Crippen molar-refractivity contribution >= 4 is 21.8 Å². The van der Waals surface area contributed by atoms with Crippen molar-refractivity contribution in [2.75, 3.05) is 144 Å². The van der Waals surface area contributed by atoms with E-state index in [1.165, 1.54) is 12.1 Å². The van der Waals surface area contributed by atoms with Gasteiger partial charge in [0.05, 0.1) is 136 Å². The van der Waals surface area contributed by atoms with E-state index in [1.807, 2.05) is 19.1 Å². The first-order valence-corrected chi connectivity index (χ1v) is 20.0. The lowest BCUT2D eigenvalue weighted by Gasteiger charge is -2.09. The second-order valence-electron chi connectivity index (χ2n) is 11.6. The Hall–Kier alpha value is -2.74. The molecule has 0 bridgehead atoms. The van der Waals surface area contributed by atoms with Gasteiger partial charge in [-0.15, -0.1) is 0 Å². The van der Waals surface area contributed by atoms with E-state index in [1.54, 1.807) is 24.3 Å². The molecule has 0 atom stereocenters. The van der Waals surface area contributed by atoms with Gasteiger partial charge in [0.1, 0.15) is 6.61 Å². The van der Waals surface area contributed by atoms with Crippen molar-refractivity contribution in [1.29, 1.82) is 0 Å². The molecule has 2 aromatic rings. The monoisotopic (exact) mass is 787 g/mol. The maximum absolute atomic E-state index is 12.1. The normalized spacial score (nSPS) is 11.6. The largest absolute Gasteiger partial charge is 0.460 e. The molecule has 0 spiro atoms. The Bertz CT molecular complexity index is 1280. The number of carbonyl (C=O) groups is 1. The van der Waals surface area contributed by atoms with Crippen molar-refractivity contribution in [2.45, 2.75) is 31.6 Å². The molecule has 308 valence electrons. The molecule has 0 heterocycles. The Balaban J connectivity index is 1.21. The summed E-state index contributed by atoms with van der Waals surface area (Å²) in [6.45, 7) is 12.4. The zero-order valence-electron chi connectivity index (χ0n) is 32.0. The van der Waals surface area contributed by atoms with Crippen LogP contribution in [0, 0.1) is 6.92 Å². The van der Waals surface area contributed by atoms with E-state index in [0.29, 0.717) is 118 Å². The summed E-state index contributed by atoms with van der Waals surface area (Å²) in [4.78, 5) is 12.3. The van der Waals surface area contributed by atoms with Gasteiger partial charge in [0, 0.05) is 12.2 Å². The molecule has 0 radical (unpaired) electrons. The standard InChI is InChI=1S/C38H61NO14S/c1-3-4-13-39-36-9-7-35(8-10-36)38(40)52-32-30-50-28-26-48-24-22-46-20-18-44-16-14-43-15-17-45-19-21-47-23-25-49-27-29-51-31-33-53-54(41,42)37-11-5-34(2)6-12-37/h5-12,39H,3-4,13-33H2,1-2H3. The summed E-state index contributed by atoms with van der Waals surface area (Å²) in [5.74, 6) is -0.369. The summed E-state index contributed by atoms with van der Waals surface area (Å²) < 4.78 is 83.5. The number of rotatable bonds is 37. The fourth-order valence-corrected chi connectivity index (χ4v) is 5.14. The van der Waals surface area contributed by atoms with Crippen LogP contribution < -0.4 is 5.32 Å². The lowest BCUT2D eigenvalue weighted by atomic mass is 10.2. The van der Waals surface area contributed by atoms with Crippen molar-refractivity contribution in [2.24, 2.45) is 0 Å². The molecule has 2 rings (SSSR count). The molecular formula is C38H61NO14S. The SMILES string of the molecule is CCCCNc1ccc(C(=O)OCCOCCOCCOCCOCCOCCOCCOCCOCCOCCOS(=O)(=O)c2ccc(C)cc2)cc1. The number of unbranched alkanes of at least 4 members (excludes halogenated alkanes) is 1. The van der Waals surface area contributed by atoms with E-state index in [9.17, 15) is 13.2 Å². The number of hydrogen-bond acceptors (Lipinski definition) is 15. The Kier molecular flexibility index (Phi) is 28.5. The number of ether oxygens (including phenoxy) is 10. The number of carbonyl (C=O) groups excluding carboxylic acids is 1. The van der Waals surface area contributed by atoms with Crippen molar-refractivity contribution < 1.29 is 64.8 Å². The van der Waals surface area contributed by atoms with Crippen LogP contribution in [0.1, 0.15) is 35.7 Å². The van der Waals surface area contributed by atoms with Crippen LogP contribution in [0.2, 0.25) is 0 Å². The first-order chi connectivity index (χ1) is 26.4. The predicted octanol–water partition coefficient (Wildman–Crippen LogP) is 3.92. The Morgan fingerprint density at radius 2 is 0.889 bits per heavy atom. The lowest BCUT2D eigenvalue weighted by Crippen LogP contribution is -2.16. The second kappa shape index (κ2) is 32.5. The number of esters is 1. The van der Waals surface area contributed by atoms with Gasteiger partial charge in [-0.1, -0.05) is 31.0 Å². The summed E-state index contributed by atoms with van der Waals surface area (Å²) >= 11 is 0. The first-order valence-electron chi connectivity index (χ1n) is 18.6. The Labute approximate surface area is 321 Å². The first kappa shape index (κ1) is 47.4. The van der Waals surface area contributed by atoms with Crippen molar-refractivity contribution in [3.05, 3.63) is 59.7 Å². The number of benzene rings is 2. The molecule has 54 heavy (non-hydrogen) atoms. The van der Waals surface area contributed by atoms with Gasteiger partial charge in [-0.3, -0.25) is 4.18 Å². The number of nitrogens with one attached hydrogen (secondary N) is 1. The van der Waals surface area contributed by atoms with Crippen LogP contribution in [-0.4, -0.2) is 153 Å². The molecule has 0 aliphatic heterocycles. The average molecular weight is 788 g/mol. The predicted molar refractivity (Wildman–Crippen MR) is 202 cm³/mol. The molecule has 0 fully saturated rings. The zero-order valence-corrected chi connectivity index (χ0v) is 32.8. The smallest absolute Gasteiger partial charge is 0.338 e. The zero-order chi connectivity index (χ0) is 38.8. The molecule has 0 aliphatic carbocycles. The molecular weight excluding hydrogens is 726 g/mol. The molecule has 16 heteroatoms. The maximum atomic E-state index is 12.1. The van der Waals surface area contributed by atoms with E-state index in [4.69, 9.17) is 51.6 Å². The number of anilines is 1. The van der Waals surface area contributed by atoms with Gasteiger partial charge >= 0.3 is 5.97 Å². The van der Waals surface area contributed by atoms with Gasteiger partial charge in [0.25, 0.3) is 10.1 Å². The van der Waals surface area contributed by atoms with Crippen LogP contribution in [0.15, 0.2) is 53.4 Å². The van der Waals surface area contributed by atoms with Crippen LogP contribution in [0.5, 0.6) is 0 Å². The minimum atomic E-state index is -3.78. The molecule has 0 aliphatic rings. The minimum absolute atomic E-state index is 0.0652. The molecule has 2 aromatic carbocycles. The fourth-order valence-electron chi connectivity index (χ4n) is 4.25. The highest BCUT2D eigenvalue weighted by Gasteiger charge is 2.14. The highest BCUT2D eigenvalue weighted by Crippen LogP contribution is 2.13. The molecule has 0 amide bonds. The van der Waals surface area contributed by atoms with E-state index in [0.717, 1.165) is 30.6 Å². The highest BCUT2D eigenvalue weighted by atomic mass is 32.2. The van der Waals surface area contributed by atoms with E-state index < -0.39 is 10.1 Å². The third kappa shape index (κ3) is 25.4. The molecule has 15 nitrogen and oxygen atoms in total. The van der Waals surface area contributed by atoms with E-state index in [-0.39, 0.29) is 30.7 Å². The Morgan fingerprint density at radius 3 is 1.28 bits per heavy atom. The maximum Gasteiger partial charge on any atom is 0.338 e. The van der Waals surface area contributed by atoms with Crippen LogP contribution in [-0.2, 0) is 61.7 Å². The molecule has 0 unspecified atom stereocenters.